The largest absolute Gasteiger partial charge is 0.393 e. The number of hydrogen-bond donors (Lipinski definition) is 7. The molecular weight excluding hydrogens is 1010 g/mol. The Morgan fingerprint density at radius 3 is 1.50 bits per heavy atom. The molecule has 4 amide bonds. The van der Waals surface area contributed by atoms with Gasteiger partial charge in [-0.05, 0) is 202 Å². The van der Waals surface area contributed by atoms with Crippen molar-refractivity contribution < 1.29 is 50.2 Å². The molecule has 4 unspecified atom stereocenters. The first-order valence-corrected chi connectivity index (χ1v) is 33.0. The molecule has 0 aromatic heterocycles. The van der Waals surface area contributed by atoms with Gasteiger partial charge < -0.3 is 26.4 Å². The lowest BCUT2D eigenvalue weighted by Gasteiger charge is -2.62. The highest BCUT2D eigenvalue weighted by Gasteiger charge is 2.71. The maximum absolute atomic E-state index is 13.5. The van der Waals surface area contributed by atoms with Gasteiger partial charge in [-0.15, -0.1) is 0 Å². The van der Waals surface area contributed by atoms with Crippen LogP contribution >= 0.6 is 0 Å². The lowest BCUT2D eigenvalue weighted by molar-refractivity contribution is -0.167. The highest BCUT2D eigenvalue weighted by molar-refractivity contribution is 7.86. The third-order valence-electron chi connectivity index (χ3n) is 23.8. The fourth-order valence-corrected chi connectivity index (χ4v) is 20.6. The molecule has 19 heteroatoms. The van der Waals surface area contributed by atoms with Gasteiger partial charge in [0.1, 0.15) is 0 Å². The monoisotopic (exact) mass is 1100 g/mol. The Labute approximate surface area is 453 Å². The minimum absolute atomic E-state index is 0.00344. The van der Waals surface area contributed by atoms with Crippen molar-refractivity contribution >= 4 is 43.9 Å². The van der Waals surface area contributed by atoms with Crippen LogP contribution in [0.15, 0.2) is 10.2 Å². The molecule has 0 saturated heterocycles. The smallest absolute Gasteiger partial charge is 0.266 e. The number of aliphatic hydroxyl groups is 1. The zero-order chi connectivity index (χ0) is 54.8. The van der Waals surface area contributed by atoms with Crippen molar-refractivity contribution in [1.29, 1.82) is 0 Å². The van der Waals surface area contributed by atoms with E-state index < -0.39 is 31.7 Å². The van der Waals surface area contributed by atoms with E-state index in [0.717, 1.165) is 109 Å². The Morgan fingerprint density at radius 2 is 0.987 bits per heavy atom. The summed E-state index contributed by atoms with van der Waals surface area (Å²) in [5, 5.41) is 33.8. The van der Waals surface area contributed by atoms with Crippen LogP contribution in [0.2, 0.25) is 0 Å². The second-order valence-electron chi connectivity index (χ2n) is 27.7. The van der Waals surface area contributed by atoms with Crippen molar-refractivity contribution in [3.63, 3.8) is 0 Å². The molecule has 19 atom stereocenters. The van der Waals surface area contributed by atoms with Gasteiger partial charge in [-0.3, -0.25) is 28.3 Å². The van der Waals surface area contributed by atoms with Crippen molar-refractivity contribution in [1.82, 2.24) is 21.3 Å². The average molecular weight is 1100 g/mol. The van der Waals surface area contributed by atoms with Crippen LogP contribution in [0.5, 0.6) is 0 Å². The number of carbonyl (C=O) groups is 4. The molecule has 0 radical (unpaired) electrons. The molecule has 1 heterocycles. The molecule has 8 aliphatic carbocycles. The maximum Gasteiger partial charge on any atom is 0.266 e. The summed E-state index contributed by atoms with van der Waals surface area (Å²) in [6, 6.07) is 0.166. The average Bonchev–Trinajstić information content (AvgIpc) is 3.89. The molecule has 1 spiro atoms. The number of nitrogens with zero attached hydrogens (tertiary/aromatic N) is 2. The Kier molecular flexibility index (Phi) is 16.7. The molecule has 8 fully saturated rings. The number of nitrogens with one attached hydrogen (secondary N) is 4. The van der Waals surface area contributed by atoms with Crippen molar-refractivity contribution in [3.8, 4) is 0 Å². The molecule has 0 aromatic carbocycles. The van der Waals surface area contributed by atoms with Gasteiger partial charge in [-0.1, -0.05) is 41.5 Å². The van der Waals surface area contributed by atoms with E-state index in [2.05, 4.69) is 62.8 Å². The maximum atomic E-state index is 13.5. The van der Waals surface area contributed by atoms with E-state index in [1.807, 2.05) is 0 Å². The molecule has 8 saturated carbocycles. The van der Waals surface area contributed by atoms with Crippen LogP contribution in [0.25, 0.3) is 0 Å². The fraction of sp³-hybridized carbons (Fsp3) is 0.930. The molecule has 430 valence electrons. The van der Waals surface area contributed by atoms with Crippen LogP contribution in [-0.4, -0.2) is 103 Å². The van der Waals surface area contributed by atoms with E-state index in [4.69, 9.17) is 19.3 Å². The van der Waals surface area contributed by atoms with Gasteiger partial charge in [-0.25, -0.2) is 0 Å². The Morgan fingerprint density at radius 1 is 0.553 bits per heavy atom. The third-order valence-corrected chi connectivity index (χ3v) is 25.3. The van der Waals surface area contributed by atoms with Crippen molar-refractivity contribution in [2.45, 2.75) is 213 Å². The summed E-state index contributed by atoms with van der Waals surface area (Å²) in [5.41, 5.74) is 0.167. The molecule has 76 heavy (non-hydrogen) atoms. The minimum Gasteiger partial charge on any atom is -0.393 e. The van der Waals surface area contributed by atoms with Crippen LogP contribution in [-0.2, 0) is 39.4 Å². The zero-order valence-corrected chi connectivity index (χ0v) is 48.2. The standard InChI is InChI=1S/C57H94N6O11S2/c1-34(10-16-47(65)58-26-28-75(69,70)71)40-12-14-42-51-43(20-24-55(40,42)5)53(3)22-18-38(30-36(53)32-46(51)64)60-49(67)8-7-9-50(68)61-39-19-23-54(4)37(31-39)33-57(62-63-57)52-44-15-13-41(56(44,6)25-21-45(52)54)35(2)11-17-48(66)59-27-29-76(72,73)74/h34-46,51-52,64H,7-33H2,1-6H3,(H,58,65)(H,59,66)(H,60,67)(H,61,68)(H,69,70,71)(H,72,73,74)/t34-,35+,36?,37?,38-,39+,40-,41+,42+,43+,44-,45-,46+,51?,52?,53+,54-,55-,56+/m0/s1. The van der Waals surface area contributed by atoms with Crippen molar-refractivity contribution in [2.24, 2.45) is 103 Å². The lowest BCUT2D eigenvalue weighted by Crippen LogP contribution is -2.60. The predicted molar refractivity (Wildman–Crippen MR) is 288 cm³/mol. The fourth-order valence-electron chi connectivity index (χ4n) is 19.9. The van der Waals surface area contributed by atoms with Crippen LogP contribution in [0.4, 0.5) is 0 Å². The van der Waals surface area contributed by atoms with Crippen LogP contribution in [0.1, 0.15) is 189 Å². The van der Waals surface area contributed by atoms with E-state index in [-0.39, 0.29) is 88.1 Å². The number of rotatable bonds is 20. The number of amides is 4. The zero-order valence-electron chi connectivity index (χ0n) is 46.6. The molecule has 0 bridgehead atoms. The number of hydrogen-bond acceptors (Lipinski definition) is 11. The topological polar surface area (TPSA) is 270 Å². The van der Waals surface area contributed by atoms with Gasteiger partial charge in [0.15, 0.2) is 5.66 Å². The molecule has 1 aliphatic heterocycles. The van der Waals surface area contributed by atoms with Crippen molar-refractivity contribution in [2.75, 3.05) is 24.6 Å². The predicted octanol–water partition coefficient (Wildman–Crippen LogP) is 8.03. The normalized spacial score (nSPS) is 41.7. The molecule has 0 aromatic rings. The first kappa shape index (κ1) is 57.9. The Hall–Kier alpha value is -2.74. The highest BCUT2D eigenvalue weighted by atomic mass is 32.2. The molecule has 9 rings (SSSR count). The summed E-state index contributed by atoms with van der Waals surface area (Å²) in [6.07, 6.45) is 19.2. The number of carbonyl (C=O) groups excluding carboxylic acids is 4. The van der Waals surface area contributed by atoms with Crippen LogP contribution in [0.3, 0.4) is 0 Å². The molecule has 7 N–H and O–H groups in total. The second-order valence-corrected chi connectivity index (χ2v) is 30.9. The summed E-state index contributed by atoms with van der Waals surface area (Å²) >= 11 is 0. The van der Waals surface area contributed by atoms with Gasteiger partial charge in [0.2, 0.25) is 23.6 Å². The van der Waals surface area contributed by atoms with E-state index in [9.17, 15) is 41.1 Å². The quantitative estimate of drug-likeness (QED) is 0.0574. The Bertz CT molecular complexity index is 2440. The first-order valence-electron chi connectivity index (χ1n) is 29.8. The summed E-state index contributed by atoms with van der Waals surface area (Å²) in [5.74, 6) is 3.57. The number of aliphatic hydroxyl groups excluding tert-OH is 1. The van der Waals surface area contributed by atoms with E-state index in [0.29, 0.717) is 104 Å². The van der Waals surface area contributed by atoms with Gasteiger partial charge in [0.25, 0.3) is 20.2 Å². The van der Waals surface area contributed by atoms with Gasteiger partial charge in [0, 0.05) is 63.2 Å². The van der Waals surface area contributed by atoms with E-state index >= 15 is 0 Å². The lowest BCUT2D eigenvalue weighted by atomic mass is 9.42. The molecule has 17 nitrogen and oxygen atoms in total. The van der Waals surface area contributed by atoms with Crippen LogP contribution in [0, 0.1) is 92.7 Å². The summed E-state index contributed by atoms with van der Waals surface area (Å²) in [4.78, 5) is 52.0. The van der Waals surface area contributed by atoms with E-state index in [1.54, 1.807) is 0 Å². The summed E-state index contributed by atoms with van der Waals surface area (Å²) in [7, 11) is -8.24. The highest BCUT2D eigenvalue weighted by Crippen LogP contribution is 2.73. The molecule has 9 aliphatic rings. The third kappa shape index (κ3) is 11.7. The van der Waals surface area contributed by atoms with Crippen LogP contribution < -0.4 is 21.3 Å². The van der Waals surface area contributed by atoms with E-state index in [1.165, 1.54) is 0 Å². The number of fused-ring (bicyclic) bond motifs is 11. The SMILES string of the molecule is C[C@H](CCC(=O)NCCS(=O)(=O)O)[C@H]1CC[C@H]2C3[C@H](CC[C@]12C)[C@@]1(C)CC[C@@H](NC(=O)CCCC(=O)N[C@H]2CC[C@]4(C)C(C2)C[C@@H](O)C2[C@H]5CC[C@@H]([C@@H](C)CCC(=O)NCCS(=O)(=O)O)[C@]5(C)CC[C@H]24)CC1CC31N=N1. The molecular formula is C57H94N6O11S2. The van der Waals surface area contributed by atoms with Gasteiger partial charge >= 0.3 is 0 Å². The summed E-state index contributed by atoms with van der Waals surface area (Å²) < 4.78 is 62.3. The summed E-state index contributed by atoms with van der Waals surface area (Å²) in [6.45, 7) is 14.2. The second kappa shape index (κ2) is 22.0. The minimum atomic E-state index is -4.12. The van der Waals surface area contributed by atoms with Gasteiger partial charge in [0.05, 0.1) is 17.6 Å². The Balaban J connectivity index is 0.699. The van der Waals surface area contributed by atoms with Gasteiger partial charge in [-0.2, -0.15) is 27.1 Å². The first-order chi connectivity index (χ1) is 35.7. The van der Waals surface area contributed by atoms with Crippen molar-refractivity contribution in [3.05, 3.63) is 0 Å².